The molecule has 0 spiro atoms. The van der Waals surface area contributed by atoms with Gasteiger partial charge < -0.3 is 4.84 Å². The van der Waals surface area contributed by atoms with Crippen LogP contribution in [0.25, 0.3) is 0 Å². The number of allylic oxidation sites excluding steroid dienone is 1. The molecule has 1 aliphatic heterocycles. The highest BCUT2D eigenvalue weighted by atomic mass is 16.7. The first-order chi connectivity index (χ1) is 9.85. The largest absolute Gasteiger partial charge is 0.333 e. The molecule has 0 N–H and O–H groups in total. The lowest BCUT2D eigenvalue weighted by Crippen LogP contribution is -2.34. The maximum Gasteiger partial charge on any atom is 0.333 e. The molecular formula is C16H17NO4. The molecule has 0 saturated heterocycles. The first kappa shape index (κ1) is 15.0. The summed E-state index contributed by atoms with van der Waals surface area (Å²) in [5.74, 6) is -1.83. The Bertz CT molecular complexity index is 583. The minimum atomic E-state index is -0.614. The molecule has 2 rings (SSSR count). The normalized spacial score (nSPS) is 14.1. The van der Waals surface area contributed by atoms with Crippen molar-refractivity contribution in [2.75, 3.05) is 0 Å². The zero-order valence-electron chi connectivity index (χ0n) is 12.1. The fourth-order valence-electron chi connectivity index (χ4n) is 2.24. The van der Waals surface area contributed by atoms with Crippen LogP contribution in [0.2, 0.25) is 0 Å². The first-order valence-corrected chi connectivity index (χ1v) is 6.65. The molecule has 0 bridgehead atoms. The maximum atomic E-state index is 12.0. The Hall–Kier alpha value is -2.43. The van der Waals surface area contributed by atoms with E-state index in [0.29, 0.717) is 11.5 Å². The van der Waals surface area contributed by atoms with Gasteiger partial charge in [0.15, 0.2) is 0 Å². The summed E-state index contributed by atoms with van der Waals surface area (Å²) in [7, 11) is 0. The van der Waals surface area contributed by atoms with Crippen molar-refractivity contribution in [3.8, 4) is 0 Å². The number of hydroxylamine groups is 2. The van der Waals surface area contributed by atoms with Crippen molar-refractivity contribution >= 4 is 17.8 Å². The number of carbonyl (C=O) groups is 3. The highest BCUT2D eigenvalue weighted by molar-refractivity contribution is 6.20. The SMILES string of the molecule is C=CCC(C)(C)CC(=O)ON1C(=O)c2ccccc2C1=O. The quantitative estimate of drug-likeness (QED) is 0.617. The molecule has 110 valence electrons. The van der Waals surface area contributed by atoms with Crippen LogP contribution in [-0.2, 0) is 9.63 Å². The van der Waals surface area contributed by atoms with Gasteiger partial charge in [0.05, 0.1) is 17.5 Å². The molecule has 1 heterocycles. The van der Waals surface area contributed by atoms with Gasteiger partial charge in [0.25, 0.3) is 11.8 Å². The summed E-state index contributed by atoms with van der Waals surface area (Å²) in [5, 5.41) is 0.539. The number of amides is 2. The summed E-state index contributed by atoms with van der Waals surface area (Å²) in [5.41, 5.74) is 0.165. The van der Waals surface area contributed by atoms with E-state index >= 15 is 0 Å². The Morgan fingerprint density at radius 2 is 1.76 bits per heavy atom. The van der Waals surface area contributed by atoms with Crippen molar-refractivity contribution in [1.82, 2.24) is 5.06 Å². The van der Waals surface area contributed by atoms with E-state index in [9.17, 15) is 14.4 Å². The molecule has 0 atom stereocenters. The van der Waals surface area contributed by atoms with Crippen molar-refractivity contribution in [1.29, 1.82) is 0 Å². The molecule has 5 heteroatoms. The van der Waals surface area contributed by atoms with Crippen LogP contribution in [0.15, 0.2) is 36.9 Å². The van der Waals surface area contributed by atoms with Crippen LogP contribution in [0.3, 0.4) is 0 Å². The number of fused-ring (bicyclic) bond motifs is 1. The highest BCUT2D eigenvalue weighted by Gasteiger charge is 2.39. The van der Waals surface area contributed by atoms with E-state index in [2.05, 4.69) is 6.58 Å². The van der Waals surface area contributed by atoms with Crippen molar-refractivity contribution in [3.05, 3.63) is 48.0 Å². The molecular weight excluding hydrogens is 270 g/mol. The third-order valence-corrected chi connectivity index (χ3v) is 3.27. The Morgan fingerprint density at radius 1 is 1.24 bits per heavy atom. The first-order valence-electron chi connectivity index (χ1n) is 6.65. The lowest BCUT2D eigenvalue weighted by Gasteiger charge is -2.22. The smallest absolute Gasteiger partial charge is 0.330 e. The van der Waals surface area contributed by atoms with E-state index in [4.69, 9.17) is 4.84 Å². The average Bonchev–Trinajstić information content (AvgIpc) is 2.64. The van der Waals surface area contributed by atoms with Crippen LogP contribution in [0.5, 0.6) is 0 Å². The fraction of sp³-hybridized carbons (Fsp3) is 0.312. The third kappa shape index (κ3) is 3.02. The van der Waals surface area contributed by atoms with Crippen LogP contribution in [0, 0.1) is 5.41 Å². The molecule has 1 aromatic carbocycles. The van der Waals surface area contributed by atoms with Crippen LogP contribution in [-0.4, -0.2) is 22.8 Å². The number of benzene rings is 1. The molecule has 1 aromatic rings. The second-order valence-electron chi connectivity index (χ2n) is 5.75. The topological polar surface area (TPSA) is 63.7 Å². The van der Waals surface area contributed by atoms with Crippen molar-refractivity contribution in [2.24, 2.45) is 5.41 Å². The van der Waals surface area contributed by atoms with Gasteiger partial charge in [-0.3, -0.25) is 9.59 Å². The predicted molar refractivity (Wildman–Crippen MR) is 76.2 cm³/mol. The second-order valence-corrected chi connectivity index (χ2v) is 5.75. The zero-order chi connectivity index (χ0) is 15.6. The third-order valence-electron chi connectivity index (χ3n) is 3.27. The minimum absolute atomic E-state index is 0.0897. The summed E-state index contributed by atoms with van der Waals surface area (Å²) in [4.78, 5) is 41.0. The number of nitrogens with zero attached hydrogens (tertiary/aromatic N) is 1. The summed E-state index contributed by atoms with van der Waals surface area (Å²) < 4.78 is 0. The Balaban J connectivity index is 2.08. The molecule has 21 heavy (non-hydrogen) atoms. The van der Waals surface area contributed by atoms with Crippen LogP contribution in [0.1, 0.15) is 47.4 Å². The molecule has 0 aromatic heterocycles. The van der Waals surface area contributed by atoms with Gasteiger partial charge >= 0.3 is 5.97 Å². The standard InChI is InChI=1S/C16H17NO4/c1-4-9-16(2,3)10-13(18)21-17-14(19)11-7-5-6-8-12(11)15(17)20/h4-8H,1,9-10H2,2-3H3. The lowest BCUT2D eigenvalue weighted by atomic mass is 9.86. The van der Waals surface area contributed by atoms with Gasteiger partial charge in [0, 0.05) is 0 Å². The van der Waals surface area contributed by atoms with Crippen LogP contribution < -0.4 is 0 Å². The van der Waals surface area contributed by atoms with Gasteiger partial charge in [-0.25, -0.2) is 4.79 Å². The zero-order valence-corrected chi connectivity index (χ0v) is 12.1. The van der Waals surface area contributed by atoms with Gasteiger partial charge in [-0.15, -0.1) is 6.58 Å². The molecule has 0 radical (unpaired) electrons. The maximum absolute atomic E-state index is 12.0. The Morgan fingerprint density at radius 3 is 2.24 bits per heavy atom. The average molecular weight is 287 g/mol. The molecule has 2 amide bonds. The molecule has 1 aliphatic rings. The van der Waals surface area contributed by atoms with Gasteiger partial charge in [-0.05, 0) is 24.0 Å². The summed E-state index contributed by atoms with van der Waals surface area (Å²) in [6, 6.07) is 6.38. The molecule has 0 saturated carbocycles. The minimum Gasteiger partial charge on any atom is -0.330 e. The van der Waals surface area contributed by atoms with E-state index < -0.39 is 17.8 Å². The summed E-state index contributed by atoms with van der Waals surface area (Å²) >= 11 is 0. The summed E-state index contributed by atoms with van der Waals surface area (Å²) in [6.07, 6.45) is 2.44. The predicted octanol–water partition coefficient (Wildman–Crippen LogP) is 2.73. The monoisotopic (exact) mass is 287 g/mol. The molecule has 0 fully saturated rings. The van der Waals surface area contributed by atoms with Gasteiger partial charge in [0.2, 0.25) is 0 Å². The van der Waals surface area contributed by atoms with Crippen LogP contribution >= 0.6 is 0 Å². The van der Waals surface area contributed by atoms with Crippen molar-refractivity contribution < 1.29 is 19.2 Å². The Labute approximate surface area is 123 Å². The number of rotatable bonds is 5. The molecule has 0 unspecified atom stereocenters. The lowest BCUT2D eigenvalue weighted by molar-refractivity contribution is -0.170. The fourth-order valence-corrected chi connectivity index (χ4v) is 2.24. The van der Waals surface area contributed by atoms with E-state index in [1.165, 1.54) is 12.1 Å². The van der Waals surface area contributed by atoms with Gasteiger partial charge in [0.1, 0.15) is 0 Å². The number of imide groups is 1. The van der Waals surface area contributed by atoms with Gasteiger partial charge in [-0.2, -0.15) is 0 Å². The van der Waals surface area contributed by atoms with E-state index in [0.717, 1.165) is 0 Å². The number of hydrogen-bond donors (Lipinski definition) is 0. The van der Waals surface area contributed by atoms with E-state index in [1.54, 1.807) is 18.2 Å². The number of hydrogen-bond acceptors (Lipinski definition) is 4. The highest BCUT2D eigenvalue weighted by Crippen LogP contribution is 2.27. The van der Waals surface area contributed by atoms with Crippen molar-refractivity contribution in [3.63, 3.8) is 0 Å². The summed E-state index contributed by atoms with van der Waals surface area (Å²) in [6.45, 7) is 7.41. The Kier molecular flexibility index (Phi) is 3.93. The van der Waals surface area contributed by atoms with E-state index in [1.807, 2.05) is 13.8 Å². The van der Waals surface area contributed by atoms with Crippen molar-refractivity contribution in [2.45, 2.75) is 26.7 Å². The molecule has 5 nitrogen and oxygen atoms in total. The molecule has 0 aliphatic carbocycles. The van der Waals surface area contributed by atoms with Gasteiger partial charge in [-0.1, -0.05) is 37.1 Å². The number of carbonyl (C=O) groups excluding carboxylic acids is 3. The van der Waals surface area contributed by atoms with E-state index in [-0.39, 0.29) is 23.0 Å². The van der Waals surface area contributed by atoms with Crippen LogP contribution in [0.4, 0.5) is 0 Å². The second kappa shape index (κ2) is 5.52.